The van der Waals surface area contributed by atoms with Crippen molar-refractivity contribution >= 4 is 37.5 Å². The van der Waals surface area contributed by atoms with Crippen molar-refractivity contribution in [3.05, 3.63) is 51.5 Å². The van der Waals surface area contributed by atoms with Crippen molar-refractivity contribution in [2.45, 2.75) is 44.9 Å². The van der Waals surface area contributed by atoms with Gasteiger partial charge in [-0.2, -0.15) is 4.31 Å². The highest BCUT2D eigenvalue weighted by molar-refractivity contribution is 9.10. The molecule has 0 radical (unpaired) electrons. The monoisotopic (exact) mass is 508 g/mol. The zero-order valence-electron chi connectivity index (χ0n) is 18.4. The molecule has 1 N–H and O–H groups in total. The summed E-state index contributed by atoms with van der Waals surface area (Å²) >= 11 is 3.50. The first-order valence-electron chi connectivity index (χ1n) is 10.4. The second kappa shape index (κ2) is 9.71. The molecule has 2 aromatic carbocycles. The van der Waals surface area contributed by atoms with Crippen LogP contribution >= 0.6 is 15.9 Å². The van der Waals surface area contributed by atoms with Gasteiger partial charge >= 0.3 is 0 Å². The third-order valence-corrected chi connectivity index (χ3v) is 8.05. The number of carbonyl (C=O) groups excluding carboxylic acids is 1. The highest BCUT2D eigenvalue weighted by atomic mass is 79.9. The Bertz CT molecular complexity index is 1090. The number of hydrogen-bond donors (Lipinski definition) is 1. The summed E-state index contributed by atoms with van der Waals surface area (Å²) in [4.78, 5) is 13.2. The Balaban J connectivity index is 1.83. The molecule has 0 unspecified atom stereocenters. The molecule has 6 nitrogen and oxygen atoms in total. The third-order valence-electron chi connectivity index (χ3n) is 5.70. The fourth-order valence-corrected chi connectivity index (χ4v) is 6.38. The number of rotatable bonds is 6. The number of ether oxygens (including phenoxy) is 1. The fourth-order valence-electron chi connectivity index (χ4n) is 3.99. The van der Waals surface area contributed by atoms with Gasteiger partial charge in [0, 0.05) is 23.2 Å². The Labute approximate surface area is 193 Å². The molecule has 3 rings (SSSR count). The number of nitrogens with zero attached hydrogens (tertiary/aromatic N) is 1. The van der Waals surface area contributed by atoms with Crippen LogP contribution < -0.4 is 10.1 Å². The van der Waals surface area contributed by atoms with Gasteiger partial charge in [0.2, 0.25) is 15.9 Å². The molecule has 1 atom stereocenters. The zero-order chi connectivity index (χ0) is 22.8. The molecule has 0 bridgehead atoms. The van der Waals surface area contributed by atoms with Gasteiger partial charge < -0.3 is 10.1 Å². The Morgan fingerprint density at radius 3 is 2.68 bits per heavy atom. The molecule has 168 valence electrons. The van der Waals surface area contributed by atoms with E-state index in [2.05, 4.69) is 21.2 Å². The third kappa shape index (κ3) is 5.13. The molecule has 31 heavy (non-hydrogen) atoms. The molecule has 1 saturated heterocycles. The summed E-state index contributed by atoms with van der Waals surface area (Å²) in [6, 6.07) is 9.08. The van der Waals surface area contributed by atoms with Crippen molar-refractivity contribution in [3.63, 3.8) is 0 Å². The zero-order valence-corrected chi connectivity index (χ0v) is 20.8. The molecule has 8 heteroatoms. The topological polar surface area (TPSA) is 75.7 Å². The second-order valence-electron chi connectivity index (χ2n) is 7.96. The van der Waals surface area contributed by atoms with Crippen molar-refractivity contribution in [3.8, 4) is 5.75 Å². The summed E-state index contributed by atoms with van der Waals surface area (Å²) in [5.41, 5.74) is 3.67. The first kappa shape index (κ1) is 23.8. The van der Waals surface area contributed by atoms with E-state index in [1.807, 2.05) is 39.0 Å². The highest BCUT2D eigenvalue weighted by Gasteiger charge is 2.35. The molecule has 0 spiro atoms. The number of methoxy groups -OCH3 is 1. The van der Waals surface area contributed by atoms with Crippen LogP contribution in [0.2, 0.25) is 0 Å². The predicted molar refractivity (Wildman–Crippen MR) is 126 cm³/mol. The summed E-state index contributed by atoms with van der Waals surface area (Å²) in [7, 11) is -2.31. The minimum atomic E-state index is -3.77. The van der Waals surface area contributed by atoms with Crippen LogP contribution in [0.1, 0.15) is 36.5 Å². The minimum absolute atomic E-state index is 0.142. The molecular weight excluding hydrogens is 480 g/mol. The lowest BCUT2D eigenvalue weighted by Crippen LogP contribution is -2.43. The summed E-state index contributed by atoms with van der Waals surface area (Å²) in [6.07, 6.45) is 2.07. The van der Waals surface area contributed by atoms with Crippen LogP contribution in [0.5, 0.6) is 5.75 Å². The average molecular weight is 509 g/mol. The summed E-state index contributed by atoms with van der Waals surface area (Å²) in [6.45, 7) is 6.39. The van der Waals surface area contributed by atoms with E-state index >= 15 is 0 Å². The molecule has 1 heterocycles. The second-order valence-corrected chi connectivity index (χ2v) is 10.8. The van der Waals surface area contributed by atoms with Crippen molar-refractivity contribution in [2.75, 3.05) is 25.5 Å². The van der Waals surface area contributed by atoms with Gasteiger partial charge in [0.15, 0.2) is 0 Å². The number of halogens is 1. The van der Waals surface area contributed by atoms with Crippen LogP contribution in [0.15, 0.2) is 39.7 Å². The van der Waals surface area contributed by atoms with Gasteiger partial charge in [-0.3, -0.25) is 4.79 Å². The van der Waals surface area contributed by atoms with Crippen LogP contribution in [0.25, 0.3) is 0 Å². The molecule has 1 aliphatic rings. The fraction of sp³-hybridized carbons (Fsp3) is 0.435. The number of amides is 1. The first-order chi connectivity index (χ1) is 14.7. The smallest absolute Gasteiger partial charge is 0.246 e. The lowest BCUT2D eigenvalue weighted by molar-refractivity contribution is -0.120. The van der Waals surface area contributed by atoms with E-state index < -0.39 is 15.9 Å². The highest BCUT2D eigenvalue weighted by Crippen LogP contribution is 2.32. The largest absolute Gasteiger partial charge is 0.495 e. The van der Waals surface area contributed by atoms with Gasteiger partial charge in [0.1, 0.15) is 10.6 Å². The normalized spacial score (nSPS) is 17.4. The Hall–Kier alpha value is -1.90. The van der Waals surface area contributed by atoms with Crippen LogP contribution in [0.4, 0.5) is 5.69 Å². The molecule has 0 aromatic heterocycles. The van der Waals surface area contributed by atoms with Crippen LogP contribution in [0, 0.1) is 19.8 Å². The molecular formula is C23H29BrN2O4S. The maximum absolute atomic E-state index is 13.3. The summed E-state index contributed by atoms with van der Waals surface area (Å²) in [5, 5.41) is 3.06. The van der Waals surface area contributed by atoms with Crippen LogP contribution in [0.3, 0.4) is 0 Å². The first-order valence-corrected chi connectivity index (χ1v) is 12.6. The SMILES string of the molecule is CCc1cc(Br)cc(C)c1NC(=O)[C@H]1CCCN(S(=O)(=O)c2cc(C)ccc2OC)C1. The van der Waals surface area contributed by atoms with E-state index in [1.165, 1.54) is 11.4 Å². The number of aryl methyl sites for hydroxylation is 3. The maximum atomic E-state index is 13.3. The predicted octanol–water partition coefficient (Wildman–Crippen LogP) is 4.68. The Kier molecular flexibility index (Phi) is 7.44. The number of nitrogens with one attached hydrogen (secondary N) is 1. The molecule has 1 aliphatic heterocycles. The number of benzene rings is 2. The lowest BCUT2D eigenvalue weighted by atomic mass is 9.98. The molecule has 2 aromatic rings. The number of hydrogen-bond acceptors (Lipinski definition) is 4. The van der Waals surface area contributed by atoms with E-state index in [-0.39, 0.29) is 17.3 Å². The lowest BCUT2D eigenvalue weighted by Gasteiger charge is -2.32. The average Bonchev–Trinajstić information content (AvgIpc) is 2.75. The van der Waals surface area contributed by atoms with Gasteiger partial charge in [-0.15, -0.1) is 0 Å². The van der Waals surface area contributed by atoms with E-state index in [1.54, 1.807) is 12.1 Å². The molecule has 0 aliphatic carbocycles. The quantitative estimate of drug-likeness (QED) is 0.614. The summed E-state index contributed by atoms with van der Waals surface area (Å²) in [5.74, 6) is -0.237. The molecule has 0 saturated carbocycles. The molecule has 1 fully saturated rings. The Morgan fingerprint density at radius 1 is 1.26 bits per heavy atom. The van der Waals surface area contributed by atoms with Crippen molar-refractivity contribution in [2.24, 2.45) is 5.92 Å². The van der Waals surface area contributed by atoms with Crippen LogP contribution in [-0.2, 0) is 21.2 Å². The van der Waals surface area contributed by atoms with Gasteiger partial charge in [-0.25, -0.2) is 8.42 Å². The van der Waals surface area contributed by atoms with E-state index in [0.29, 0.717) is 25.1 Å². The molecule has 1 amide bonds. The van der Waals surface area contributed by atoms with E-state index in [9.17, 15) is 13.2 Å². The van der Waals surface area contributed by atoms with Crippen molar-refractivity contribution < 1.29 is 17.9 Å². The number of sulfonamides is 1. The van der Waals surface area contributed by atoms with E-state index in [4.69, 9.17) is 4.74 Å². The maximum Gasteiger partial charge on any atom is 0.246 e. The number of carbonyl (C=O) groups is 1. The van der Waals surface area contributed by atoms with Gasteiger partial charge in [-0.1, -0.05) is 28.9 Å². The number of anilines is 1. The Morgan fingerprint density at radius 2 is 2.00 bits per heavy atom. The van der Waals surface area contributed by atoms with Gasteiger partial charge in [0.25, 0.3) is 0 Å². The van der Waals surface area contributed by atoms with Gasteiger partial charge in [0.05, 0.1) is 13.0 Å². The minimum Gasteiger partial charge on any atom is -0.495 e. The van der Waals surface area contributed by atoms with E-state index in [0.717, 1.165) is 33.3 Å². The van der Waals surface area contributed by atoms with Crippen molar-refractivity contribution in [1.29, 1.82) is 0 Å². The van der Waals surface area contributed by atoms with Gasteiger partial charge in [-0.05, 0) is 74.1 Å². The summed E-state index contributed by atoms with van der Waals surface area (Å²) < 4.78 is 34.4. The van der Waals surface area contributed by atoms with Crippen LogP contribution in [-0.4, -0.2) is 38.8 Å². The standard InChI is InChI=1S/C23H29BrN2O4S/c1-5-17-13-19(24)12-16(3)22(17)25-23(27)18-7-6-10-26(14-18)31(28,29)21-11-15(2)8-9-20(21)30-4/h8-9,11-13,18H,5-7,10,14H2,1-4H3,(H,25,27)/t18-/m0/s1. The number of piperidine rings is 1. The van der Waals surface area contributed by atoms with Crippen molar-refractivity contribution in [1.82, 2.24) is 4.31 Å².